The van der Waals surface area contributed by atoms with Crippen LogP contribution in [-0.2, 0) is 0 Å². The van der Waals surface area contributed by atoms with Gasteiger partial charge in [-0.25, -0.2) is 8.78 Å². The Kier molecular flexibility index (Phi) is 2.77. The van der Waals surface area contributed by atoms with Gasteiger partial charge < -0.3 is 10.3 Å². The highest BCUT2D eigenvalue weighted by Crippen LogP contribution is 2.63. The number of hydrogen-bond donors (Lipinski definition) is 1. The molecule has 0 spiro atoms. The monoisotopic (exact) mass is 290 g/mol. The van der Waals surface area contributed by atoms with E-state index in [1.807, 2.05) is 0 Å². The number of nitrogen functional groups attached to an aromatic ring is 1. The Morgan fingerprint density at radius 2 is 1.86 bits per heavy atom. The van der Waals surface area contributed by atoms with Gasteiger partial charge in [-0.15, -0.1) is 0 Å². The molecule has 0 radical (unpaired) electrons. The van der Waals surface area contributed by atoms with Gasteiger partial charge >= 0.3 is 0 Å². The number of rotatable bonds is 2. The maximum atomic E-state index is 14.1. The van der Waals surface area contributed by atoms with Crippen LogP contribution < -0.4 is 5.73 Å². The number of nitrogens with two attached hydrogens (primary N) is 1. The van der Waals surface area contributed by atoms with Crippen molar-refractivity contribution in [2.75, 3.05) is 5.73 Å². The summed E-state index contributed by atoms with van der Waals surface area (Å²) < 4.78 is 32.6. The summed E-state index contributed by atoms with van der Waals surface area (Å²) in [5.41, 5.74) is 6.65. The van der Waals surface area contributed by atoms with Crippen LogP contribution in [0.3, 0.4) is 0 Å². The molecule has 2 N–H and O–H groups in total. The number of halogens is 2. The summed E-state index contributed by atoms with van der Waals surface area (Å²) in [5.74, 6) is 1.12. The van der Waals surface area contributed by atoms with Gasteiger partial charge in [0, 0.05) is 17.5 Å². The SMILES string of the molecule is Nc1noc(C2C3CCCCC32)c1-c1ccc(F)cc1F. The second-order valence-corrected chi connectivity index (χ2v) is 6.07. The first-order chi connectivity index (χ1) is 10.2. The van der Waals surface area contributed by atoms with Crippen LogP contribution in [0.2, 0.25) is 0 Å². The van der Waals surface area contributed by atoms with E-state index in [0.717, 1.165) is 6.07 Å². The predicted octanol–water partition coefficient (Wildman–Crippen LogP) is 4.11. The summed E-state index contributed by atoms with van der Waals surface area (Å²) in [7, 11) is 0. The average Bonchev–Trinajstić information content (AvgIpc) is 3.08. The Balaban J connectivity index is 1.77. The standard InChI is InChI=1S/C16H16F2N2O/c17-8-5-6-11(12(18)7-8)14-15(21-20-16(14)19)13-9-3-1-2-4-10(9)13/h5-7,9-10,13H,1-4H2,(H2,19,20). The second-order valence-electron chi connectivity index (χ2n) is 6.07. The zero-order valence-corrected chi connectivity index (χ0v) is 11.5. The van der Waals surface area contributed by atoms with Crippen molar-refractivity contribution < 1.29 is 13.3 Å². The number of aromatic nitrogens is 1. The molecule has 1 aromatic heterocycles. The van der Waals surface area contributed by atoms with Crippen LogP contribution in [0.15, 0.2) is 22.7 Å². The summed E-state index contributed by atoms with van der Waals surface area (Å²) in [6, 6.07) is 3.50. The Labute approximate surface area is 121 Å². The van der Waals surface area contributed by atoms with E-state index in [0.29, 0.717) is 23.2 Å². The maximum absolute atomic E-state index is 14.1. The lowest BCUT2D eigenvalue weighted by Gasteiger charge is -2.04. The highest BCUT2D eigenvalue weighted by molar-refractivity contribution is 5.77. The zero-order valence-electron chi connectivity index (χ0n) is 11.5. The fraction of sp³-hybridized carbons (Fsp3) is 0.438. The predicted molar refractivity (Wildman–Crippen MR) is 74.5 cm³/mol. The summed E-state index contributed by atoms with van der Waals surface area (Å²) in [6.45, 7) is 0. The van der Waals surface area contributed by atoms with Crippen molar-refractivity contribution in [3.8, 4) is 11.1 Å². The van der Waals surface area contributed by atoms with Crippen molar-refractivity contribution in [2.45, 2.75) is 31.6 Å². The van der Waals surface area contributed by atoms with Gasteiger partial charge in [-0.05, 0) is 36.8 Å². The molecule has 2 unspecified atom stereocenters. The molecule has 1 heterocycles. The van der Waals surface area contributed by atoms with E-state index in [9.17, 15) is 8.78 Å². The van der Waals surface area contributed by atoms with Crippen LogP contribution in [0.4, 0.5) is 14.6 Å². The molecule has 2 atom stereocenters. The van der Waals surface area contributed by atoms with E-state index in [2.05, 4.69) is 5.16 Å². The minimum absolute atomic E-state index is 0.180. The average molecular weight is 290 g/mol. The summed E-state index contributed by atoms with van der Waals surface area (Å²) in [5, 5.41) is 3.82. The highest BCUT2D eigenvalue weighted by atomic mass is 19.1. The van der Waals surface area contributed by atoms with Gasteiger partial charge in [-0.3, -0.25) is 0 Å². The van der Waals surface area contributed by atoms with Crippen LogP contribution in [0.5, 0.6) is 0 Å². The third-order valence-corrected chi connectivity index (χ3v) is 4.90. The zero-order chi connectivity index (χ0) is 14.6. The molecule has 0 aliphatic heterocycles. The Morgan fingerprint density at radius 3 is 2.52 bits per heavy atom. The number of fused-ring (bicyclic) bond motifs is 1. The fourth-order valence-electron chi connectivity index (χ4n) is 3.89. The maximum Gasteiger partial charge on any atom is 0.175 e. The molecule has 0 amide bonds. The van der Waals surface area contributed by atoms with Gasteiger partial charge in [-0.2, -0.15) is 0 Å². The van der Waals surface area contributed by atoms with Crippen molar-refractivity contribution in [1.29, 1.82) is 0 Å². The van der Waals surface area contributed by atoms with Crippen molar-refractivity contribution in [2.24, 2.45) is 11.8 Å². The summed E-state index contributed by atoms with van der Waals surface area (Å²) >= 11 is 0. The third-order valence-electron chi connectivity index (χ3n) is 4.90. The normalized spacial score (nSPS) is 27.4. The van der Waals surface area contributed by atoms with Gasteiger partial charge in [0.05, 0.1) is 5.56 Å². The molecule has 21 heavy (non-hydrogen) atoms. The minimum Gasteiger partial charge on any atom is -0.380 e. The van der Waals surface area contributed by atoms with E-state index >= 15 is 0 Å². The van der Waals surface area contributed by atoms with Gasteiger partial charge in [-0.1, -0.05) is 18.0 Å². The molecular formula is C16H16F2N2O. The molecule has 5 heteroatoms. The Morgan fingerprint density at radius 1 is 1.14 bits per heavy atom. The smallest absolute Gasteiger partial charge is 0.175 e. The van der Waals surface area contributed by atoms with Crippen LogP contribution in [-0.4, -0.2) is 5.16 Å². The van der Waals surface area contributed by atoms with Gasteiger partial charge in [0.25, 0.3) is 0 Å². The number of anilines is 1. The minimum atomic E-state index is -0.630. The molecule has 2 aliphatic rings. The van der Waals surface area contributed by atoms with Gasteiger partial charge in [0.1, 0.15) is 11.6 Å². The molecule has 4 rings (SSSR count). The van der Waals surface area contributed by atoms with Crippen LogP contribution >= 0.6 is 0 Å². The molecular weight excluding hydrogens is 274 g/mol. The van der Waals surface area contributed by atoms with Gasteiger partial charge in [0.15, 0.2) is 11.6 Å². The molecule has 2 saturated carbocycles. The first-order valence-electron chi connectivity index (χ1n) is 7.37. The largest absolute Gasteiger partial charge is 0.380 e. The molecule has 2 aromatic rings. The van der Waals surface area contributed by atoms with Crippen molar-refractivity contribution in [3.63, 3.8) is 0 Å². The van der Waals surface area contributed by atoms with E-state index in [1.54, 1.807) is 0 Å². The topological polar surface area (TPSA) is 52.0 Å². The first kappa shape index (κ1) is 12.8. The number of benzene rings is 1. The van der Waals surface area contributed by atoms with E-state index in [4.69, 9.17) is 10.3 Å². The molecule has 3 nitrogen and oxygen atoms in total. The van der Waals surface area contributed by atoms with E-state index in [1.165, 1.54) is 37.8 Å². The third kappa shape index (κ3) is 1.94. The summed E-state index contributed by atoms with van der Waals surface area (Å²) in [6.07, 6.45) is 4.84. The lowest BCUT2D eigenvalue weighted by atomic mass is 10.0. The van der Waals surface area contributed by atoms with Gasteiger partial charge in [0.2, 0.25) is 0 Å². The molecule has 1 aromatic carbocycles. The molecule has 2 fully saturated rings. The van der Waals surface area contributed by atoms with E-state index < -0.39 is 11.6 Å². The highest BCUT2D eigenvalue weighted by Gasteiger charge is 2.54. The number of hydrogen-bond acceptors (Lipinski definition) is 3. The molecule has 2 aliphatic carbocycles. The lowest BCUT2D eigenvalue weighted by Crippen LogP contribution is -1.94. The van der Waals surface area contributed by atoms with E-state index in [-0.39, 0.29) is 17.3 Å². The summed E-state index contributed by atoms with van der Waals surface area (Å²) in [4.78, 5) is 0. The lowest BCUT2D eigenvalue weighted by molar-refractivity contribution is 0.381. The Bertz CT molecular complexity index is 686. The number of nitrogens with zero attached hydrogens (tertiary/aromatic N) is 1. The van der Waals surface area contributed by atoms with Crippen molar-refractivity contribution in [1.82, 2.24) is 5.16 Å². The van der Waals surface area contributed by atoms with Crippen molar-refractivity contribution in [3.05, 3.63) is 35.6 Å². The van der Waals surface area contributed by atoms with Crippen LogP contribution in [0, 0.1) is 23.5 Å². The molecule has 0 saturated heterocycles. The first-order valence-corrected chi connectivity index (χ1v) is 7.37. The second kappa shape index (κ2) is 4.55. The van der Waals surface area contributed by atoms with Crippen LogP contribution in [0.25, 0.3) is 11.1 Å². The quantitative estimate of drug-likeness (QED) is 0.905. The molecule has 110 valence electrons. The fourth-order valence-corrected chi connectivity index (χ4v) is 3.89. The van der Waals surface area contributed by atoms with Crippen LogP contribution in [0.1, 0.15) is 37.4 Å². The van der Waals surface area contributed by atoms with Crippen molar-refractivity contribution >= 4 is 5.82 Å². The Hall–Kier alpha value is -1.91. The molecule has 0 bridgehead atoms.